The molecule has 8 bridgehead atoms. The number of hydrogen-bond donors (Lipinski definition) is 2. The van der Waals surface area contributed by atoms with Crippen LogP contribution in [0.3, 0.4) is 0 Å². The second-order valence-corrected chi connectivity index (χ2v) is 13.0. The molecule has 2 aliphatic heterocycles. The molecular weight excluding hydrogens is 637 g/mol. The monoisotopic (exact) mass is 672 g/mol. The quantitative estimate of drug-likeness (QED) is 0.185. The van der Waals surface area contributed by atoms with E-state index >= 15 is 0 Å². The van der Waals surface area contributed by atoms with Gasteiger partial charge in [-0.3, -0.25) is 0 Å². The Kier molecular flexibility index (Phi) is 7.82. The zero-order valence-electron chi connectivity index (χ0n) is 29.0. The number of nitrogens with one attached hydrogen (secondary N) is 2. The zero-order valence-corrected chi connectivity index (χ0v) is 29.0. The fourth-order valence-electron chi connectivity index (χ4n) is 7.26. The average molecular weight is 673 g/mol. The van der Waals surface area contributed by atoms with E-state index in [-0.39, 0.29) is 0 Å². The fourth-order valence-corrected chi connectivity index (χ4v) is 7.26. The van der Waals surface area contributed by atoms with Crippen LogP contribution < -0.4 is 9.80 Å². The summed E-state index contributed by atoms with van der Waals surface area (Å²) in [7, 11) is 4.20. The number of aromatic nitrogens is 4. The third kappa shape index (κ3) is 5.56. The zero-order chi connectivity index (χ0) is 35.0. The number of benzene rings is 4. The number of anilines is 4. The summed E-state index contributed by atoms with van der Waals surface area (Å²) in [5.41, 5.74) is 15.6. The molecule has 5 heterocycles. The van der Waals surface area contributed by atoms with Gasteiger partial charge in [0.25, 0.3) is 0 Å². The van der Waals surface area contributed by atoms with E-state index in [1.54, 1.807) is 0 Å². The van der Waals surface area contributed by atoms with Crippen molar-refractivity contribution in [2.24, 2.45) is 0 Å². The molecule has 6 nitrogen and oxygen atoms in total. The molecule has 0 fully saturated rings. The van der Waals surface area contributed by atoms with Gasteiger partial charge in [-0.05, 0) is 84.0 Å². The van der Waals surface area contributed by atoms with Gasteiger partial charge in [-0.15, -0.1) is 0 Å². The van der Waals surface area contributed by atoms with Gasteiger partial charge in [0.1, 0.15) is 0 Å². The highest BCUT2D eigenvalue weighted by molar-refractivity contribution is 5.99. The molecule has 0 unspecified atom stereocenters. The van der Waals surface area contributed by atoms with Gasteiger partial charge in [0, 0.05) is 47.6 Å². The van der Waals surface area contributed by atoms with Crippen molar-refractivity contribution >= 4 is 69.1 Å². The molecule has 2 N–H and O–H groups in total. The number of H-pyrrole nitrogens is 2. The van der Waals surface area contributed by atoms with Crippen molar-refractivity contribution in [1.29, 1.82) is 0 Å². The SMILES string of the molecule is CN(c1ccccc1)c1c2nc(c(-c3ccccc3)c3ccc([nH]3)c(N(C)c3ccccc3)c3ccc([nH]3)c(-c3ccccc3)c3nc1C=C3)C=C2. The maximum atomic E-state index is 5.38. The summed E-state index contributed by atoms with van der Waals surface area (Å²) in [4.78, 5) is 22.8. The van der Waals surface area contributed by atoms with Crippen LogP contribution in [0.2, 0.25) is 0 Å². The van der Waals surface area contributed by atoms with Crippen LogP contribution in [0.4, 0.5) is 22.7 Å². The predicted molar refractivity (Wildman–Crippen MR) is 219 cm³/mol. The number of para-hydroxylation sites is 2. The molecule has 4 aromatic carbocycles. The molecule has 0 atom stereocenters. The van der Waals surface area contributed by atoms with Crippen molar-refractivity contribution in [2.45, 2.75) is 0 Å². The van der Waals surface area contributed by atoms with Gasteiger partial charge >= 0.3 is 0 Å². The highest BCUT2D eigenvalue weighted by Crippen LogP contribution is 2.39. The lowest BCUT2D eigenvalue weighted by atomic mass is 10.0. The van der Waals surface area contributed by atoms with Crippen LogP contribution in [0.15, 0.2) is 146 Å². The normalized spacial score (nSPS) is 11.9. The van der Waals surface area contributed by atoms with E-state index in [1.807, 2.05) is 24.3 Å². The van der Waals surface area contributed by atoms with Gasteiger partial charge in [-0.2, -0.15) is 0 Å². The summed E-state index contributed by atoms with van der Waals surface area (Å²) in [5.74, 6) is 0. The van der Waals surface area contributed by atoms with Crippen LogP contribution in [-0.4, -0.2) is 34.0 Å². The van der Waals surface area contributed by atoms with Crippen LogP contribution >= 0.6 is 0 Å². The molecule has 2 aliphatic rings. The Balaban J connectivity index is 1.45. The molecule has 0 radical (unpaired) electrons. The molecule has 0 saturated carbocycles. The molecular formula is C46H36N6. The maximum absolute atomic E-state index is 5.38. The molecule has 0 spiro atoms. The van der Waals surface area contributed by atoms with Crippen molar-refractivity contribution in [3.8, 4) is 22.3 Å². The van der Waals surface area contributed by atoms with Crippen LogP contribution in [0, 0.1) is 0 Å². The standard InChI is InChI=1S/C46H36N6/c1-51(33-19-11-5-12-20-33)45-39-27-23-35(47-39)43(31-15-7-3-8-16-31)37-25-29-41(49-37)46(52(2)34-21-13-6-14-22-34)42-30-26-38(50-42)44(32-17-9-4-10-18-32)36-24-28-40(45)48-36/h3-30,47-48H,1-2H3. The van der Waals surface area contributed by atoms with Gasteiger partial charge in [-0.1, -0.05) is 97.1 Å². The minimum absolute atomic E-state index is 0.845. The van der Waals surface area contributed by atoms with Crippen molar-refractivity contribution in [1.82, 2.24) is 19.9 Å². The van der Waals surface area contributed by atoms with Crippen LogP contribution in [0.25, 0.3) is 68.6 Å². The van der Waals surface area contributed by atoms with Crippen molar-refractivity contribution in [3.63, 3.8) is 0 Å². The Labute approximate surface area is 302 Å². The number of aromatic amines is 2. The average Bonchev–Trinajstić information content (AvgIpc) is 4.04. The Bertz CT molecular complexity index is 2500. The maximum Gasteiger partial charge on any atom is 0.0930 e. The first-order valence-electron chi connectivity index (χ1n) is 17.5. The molecule has 52 heavy (non-hydrogen) atoms. The van der Waals surface area contributed by atoms with Crippen LogP contribution in [0.1, 0.15) is 22.8 Å². The Hall–Kier alpha value is -6.92. The Morgan fingerprint density at radius 3 is 1.13 bits per heavy atom. The topological polar surface area (TPSA) is 63.8 Å². The van der Waals surface area contributed by atoms with E-state index in [9.17, 15) is 0 Å². The van der Waals surface area contributed by atoms with Crippen molar-refractivity contribution in [2.75, 3.05) is 23.9 Å². The predicted octanol–water partition coefficient (Wildman–Crippen LogP) is 11.5. The Morgan fingerprint density at radius 2 is 0.712 bits per heavy atom. The van der Waals surface area contributed by atoms with Gasteiger partial charge in [0.15, 0.2) is 0 Å². The number of fused-ring (bicyclic) bond motifs is 8. The van der Waals surface area contributed by atoms with E-state index in [4.69, 9.17) is 9.97 Å². The van der Waals surface area contributed by atoms with Gasteiger partial charge < -0.3 is 19.8 Å². The second kappa shape index (κ2) is 13.1. The summed E-state index contributed by atoms with van der Waals surface area (Å²) in [6.07, 6.45) is 8.47. The van der Waals surface area contributed by atoms with Crippen molar-refractivity contribution < 1.29 is 0 Å². The summed E-state index contributed by atoms with van der Waals surface area (Å²) < 4.78 is 0. The summed E-state index contributed by atoms with van der Waals surface area (Å²) >= 11 is 0. The minimum atomic E-state index is 0.845. The lowest BCUT2D eigenvalue weighted by Crippen LogP contribution is -2.12. The van der Waals surface area contributed by atoms with Gasteiger partial charge in [0.05, 0.1) is 45.2 Å². The summed E-state index contributed by atoms with van der Waals surface area (Å²) in [6, 6.07) is 50.5. The van der Waals surface area contributed by atoms with E-state index in [0.29, 0.717) is 0 Å². The number of rotatable bonds is 6. The molecule has 0 saturated heterocycles. The van der Waals surface area contributed by atoms with E-state index < -0.39 is 0 Å². The third-order valence-corrected chi connectivity index (χ3v) is 9.78. The van der Waals surface area contributed by atoms with Crippen LogP contribution in [-0.2, 0) is 0 Å². The number of nitrogens with zero attached hydrogens (tertiary/aromatic N) is 4. The summed E-state index contributed by atoms with van der Waals surface area (Å²) in [6.45, 7) is 0. The van der Waals surface area contributed by atoms with Crippen LogP contribution in [0.5, 0.6) is 0 Å². The minimum Gasteiger partial charge on any atom is -0.353 e. The molecule has 7 aromatic rings. The molecule has 9 rings (SSSR count). The Morgan fingerprint density at radius 1 is 0.365 bits per heavy atom. The first-order chi connectivity index (χ1) is 25.6. The smallest absolute Gasteiger partial charge is 0.0930 e. The molecule has 3 aromatic heterocycles. The third-order valence-electron chi connectivity index (χ3n) is 9.78. The first-order valence-corrected chi connectivity index (χ1v) is 17.5. The highest BCUT2D eigenvalue weighted by atomic mass is 15.1. The second-order valence-electron chi connectivity index (χ2n) is 13.0. The number of hydrogen-bond acceptors (Lipinski definition) is 4. The lowest BCUT2D eigenvalue weighted by Gasteiger charge is -2.21. The molecule has 250 valence electrons. The van der Waals surface area contributed by atoms with Crippen molar-refractivity contribution in [3.05, 3.63) is 168 Å². The fraction of sp³-hybridized carbons (Fsp3) is 0.0435. The van der Waals surface area contributed by atoms with Gasteiger partial charge in [-0.25, -0.2) is 9.97 Å². The largest absolute Gasteiger partial charge is 0.353 e. The molecule has 6 heteroatoms. The molecule has 0 amide bonds. The molecule has 0 aliphatic carbocycles. The van der Waals surface area contributed by atoms with E-state index in [2.05, 4.69) is 179 Å². The van der Waals surface area contributed by atoms with E-state index in [1.165, 1.54) is 0 Å². The highest BCUT2D eigenvalue weighted by Gasteiger charge is 2.21. The lowest BCUT2D eigenvalue weighted by molar-refractivity contribution is 1.15. The summed E-state index contributed by atoms with van der Waals surface area (Å²) in [5, 5.41) is 0. The first kappa shape index (κ1) is 31.1. The van der Waals surface area contributed by atoms with E-state index in [0.717, 1.165) is 89.8 Å². The van der Waals surface area contributed by atoms with Gasteiger partial charge in [0.2, 0.25) is 0 Å².